The lowest BCUT2D eigenvalue weighted by molar-refractivity contribution is -0.130. The van der Waals surface area contributed by atoms with Crippen LogP contribution >= 0.6 is 0 Å². The molecule has 106 valence electrons. The summed E-state index contributed by atoms with van der Waals surface area (Å²) in [5, 5.41) is 0. The SMILES string of the molecule is COC1=C(C)C(=O)N(Cc2ccc(F)cc2)CC12CC2. The van der Waals surface area contributed by atoms with Crippen LogP contribution in [0.3, 0.4) is 0 Å². The van der Waals surface area contributed by atoms with Gasteiger partial charge in [0, 0.05) is 18.5 Å². The van der Waals surface area contributed by atoms with E-state index in [2.05, 4.69) is 0 Å². The molecule has 1 heterocycles. The number of benzene rings is 1. The Hall–Kier alpha value is -1.84. The highest BCUT2D eigenvalue weighted by molar-refractivity contribution is 5.94. The molecule has 0 radical (unpaired) electrons. The van der Waals surface area contributed by atoms with Crippen LogP contribution in [0, 0.1) is 11.2 Å². The van der Waals surface area contributed by atoms with Gasteiger partial charge in [-0.15, -0.1) is 0 Å². The molecular weight excluding hydrogens is 257 g/mol. The van der Waals surface area contributed by atoms with Gasteiger partial charge < -0.3 is 9.64 Å². The zero-order valence-electron chi connectivity index (χ0n) is 11.8. The van der Waals surface area contributed by atoms with Crippen molar-refractivity contribution in [1.82, 2.24) is 4.90 Å². The molecule has 1 aliphatic heterocycles. The van der Waals surface area contributed by atoms with Crippen LogP contribution in [-0.2, 0) is 16.1 Å². The quantitative estimate of drug-likeness (QED) is 0.849. The lowest BCUT2D eigenvalue weighted by atomic mass is 9.94. The summed E-state index contributed by atoms with van der Waals surface area (Å²) < 4.78 is 18.4. The molecule has 3 rings (SSSR count). The molecule has 1 fully saturated rings. The van der Waals surface area contributed by atoms with Crippen molar-refractivity contribution in [1.29, 1.82) is 0 Å². The van der Waals surface area contributed by atoms with E-state index in [4.69, 9.17) is 4.74 Å². The molecule has 1 aliphatic carbocycles. The van der Waals surface area contributed by atoms with Gasteiger partial charge >= 0.3 is 0 Å². The number of carbonyl (C=O) groups is 1. The van der Waals surface area contributed by atoms with Gasteiger partial charge in [0.05, 0.1) is 12.7 Å². The van der Waals surface area contributed by atoms with Crippen molar-refractivity contribution in [2.75, 3.05) is 13.7 Å². The van der Waals surface area contributed by atoms with E-state index in [1.165, 1.54) is 12.1 Å². The number of rotatable bonds is 3. The molecule has 0 atom stereocenters. The monoisotopic (exact) mass is 275 g/mol. The van der Waals surface area contributed by atoms with Crippen molar-refractivity contribution < 1.29 is 13.9 Å². The fraction of sp³-hybridized carbons (Fsp3) is 0.438. The zero-order valence-corrected chi connectivity index (χ0v) is 11.8. The molecule has 2 aliphatic rings. The van der Waals surface area contributed by atoms with Crippen LogP contribution in [0.2, 0.25) is 0 Å². The number of halogens is 1. The van der Waals surface area contributed by atoms with Crippen molar-refractivity contribution in [3.63, 3.8) is 0 Å². The van der Waals surface area contributed by atoms with E-state index in [1.807, 2.05) is 11.8 Å². The first-order valence-electron chi connectivity index (χ1n) is 6.85. The summed E-state index contributed by atoms with van der Waals surface area (Å²) in [5.41, 5.74) is 1.69. The highest BCUT2D eigenvalue weighted by Crippen LogP contribution is 2.55. The normalized spacial score (nSPS) is 20.6. The standard InChI is InChI=1S/C16H18FNO2/c1-11-14(20-2)16(7-8-16)10-18(15(11)19)9-12-3-5-13(17)6-4-12/h3-6H,7-10H2,1-2H3. The van der Waals surface area contributed by atoms with Crippen molar-refractivity contribution in [3.05, 3.63) is 47.0 Å². The van der Waals surface area contributed by atoms with E-state index in [0.717, 1.165) is 24.2 Å². The van der Waals surface area contributed by atoms with Crippen LogP contribution in [0.1, 0.15) is 25.3 Å². The molecule has 0 unspecified atom stereocenters. The number of nitrogens with zero attached hydrogens (tertiary/aromatic N) is 1. The van der Waals surface area contributed by atoms with Crippen LogP contribution in [-0.4, -0.2) is 24.5 Å². The molecule has 0 aromatic heterocycles. The summed E-state index contributed by atoms with van der Waals surface area (Å²) in [6.45, 7) is 3.05. The fourth-order valence-corrected chi connectivity index (χ4v) is 3.08. The number of hydrogen-bond acceptors (Lipinski definition) is 2. The summed E-state index contributed by atoms with van der Waals surface area (Å²) in [5.74, 6) is 0.622. The lowest BCUT2D eigenvalue weighted by Crippen LogP contribution is -2.42. The Labute approximate surface area is 118 Å². The molecule has 1 amide bonds. The molecule has 1 aromatic rings. The third-order valence-electron chi connectivity index (χ3n) is 4.27. The Morgan fingerprint density at radius 1 is 1.30 bits per heavy atom. The molecule has 1 saturated carbocycles. The predicted octanol–water partition coefficient (Wildman–Crippen LogP) is 2.87. The molecule has 0 bridgehead atoms. The second kappa shape index (κ2) is 4.62. The Kier molecular flexibility index (Phi) is 3.04. The minimum atomic E-state index is -0.255. The maximum atomic E-state index is 12.9. The van der Waals surface area contributed by atoms with Crippen LogP contribution in [0.4, 0.5) is 4.39 Å². The Balaban J connectivity index is 1.84. The van der Waals surface area contributed by atoms with Gasteiger partial charge in [-0.25, -0.2) is 4.39 Å². The first-order chi connectivity index (χ1) is 9.55. The highest BCUT2D eigenvalue weighted by atomic mass is 19.1. The second-order valence-corrected chi connectivity index (χ2v) is 5.73. The van der Waals surface area contributed by atoms with Crippen LogP contribution in [0.25, 0.3) is 0 Å². The van der Waals surface area contributed by atoms with Gasteiger partial charge in [0.2, 0.25) is 0 Å². The van der Waals surface area contributed by atoms with Gasteiger partial charge in [0.15, 0.2) is 0 Å². The summed E-state index contributed by atoms with van der Waals surface area (Å²) >= 11 is 0. The van der Waals surface area contributed by atoms with E-state index < -0.39 is 0 Å². The molecule has 1 spiro atoms. The molecule has 3 nitrogen and oxygen atoms in total. The van der Waals surface area contributed by atoms with Gasteiger partial charge in [-0.1, -0.05) is 12.1 Å². The number of methoxy groups -OCH3 is 1. The first kappa shape index (κ1) is 13.2. The second-order valence-electron chi connectivity index (χ2n) is 5.73. The van der Waals surface area contributed by atoms with Gasteiger partial charge in [0.1, 0.15) is 11.6 Å². The van der Waals surface area contributed by atoms with E-state index in [9.17, 15) is 9.18 Å². The van der Waals surface area contributed by atoms with Crippen molar-refractivity contribution in [2.24, 2.45) is 5.41 Å². The largest absolute Gasteiger partial charge is 0.500 e. The smallest absolute Gasteiger partial charge is 0.253 e. The van der Waals surface area contributed by atoms with Crippen LogP contribution in [0.5, 0.6) is 0 Å². The third-order valence-corrected chi connectivity index (χ3v) is 4.27. The molecular formula is C16H18FNO2. The fourth-order valence-electron chi connectivity index (χ4n) is 3.08. The van der Waals surface area contributed by atoms with Crippen LogP contribution in [0.15, 0.2) is 35.6 Å². The van der Waals surface area contributed by atoms with Crippen LogP contribution < -0.4 is 0 Å². The predicted molar refractivity (Wildman–Crippen MR) is 73.2 cm³/mol. The summed E-state index contributed by atoms with van der Waals surface area (Å²) in [6, 6.07) is 6.32. The summed E-state index contributed by atoms with van der Waals surface area (Å²) in [4.78, 5) is 14.2. The first-order valence-corrected chi connectivity index (χ1v) is 6.85. The van der Waals surface area contributed by atoms with Gasteiger partial charge in [-0.05, 0) is 37.5 Å². The van der Waals surface area contributed by atoms with Gasteiger partial charge in [-0.2, -0.15) is 0 Å². The topological polar surface area (TPSA) is 29.5 Å². The Morgan fingerprint density at radius 3 is 2.50 bits per heavy atom. The number of ether oxygens (including phenoxy) is 1. The zero-order chi connectivity index (χ0) is 14.3. The van der Waals surface area contributed by atoms with E-state index in [-0.39, 0.29) is 17.1 Å². The number of amides is 1. The lowest BCUT2D eigenvalue weighted by Gasteiger charge is -2.34. The Bertz CT molecular complexity index is 573. The Morgan fingerprint density at radius 2 is 1.95 bits per heavy atom. The van der Waals surface area contributed by atoms with Gasteiger partial charge in [0.25, 0.3) is 5.91 Å². The number of carbonyl (C=O) groups excluding carboxylic acids is 1. The minimum Gasteiger partial charge on any atom is -0.500 e. The molecule has 20 heavy (non-hydrogen) atoms. The average Bonchev–Trinajstić information content (AvgIpc) is 3.19. The van der Waals surface area contributed by atoms with E-state index >= 15 is 0 Å². The summed E-state index contributed by atoms with van der Waals surface area (Å²) in [7, 11) is 1.64. The minimum absolute atomic E-state index is 0.0173. The van der Waals surface area contributed by atoms with Crippen molar-refractivity contribution in [3.8, 4) is 0 Å². The molecule has 4 heteroatoms. The van der Waals surface area contributed by atoms with Crippen molar-refractivity contribution in [2.45, 2.75) is 26.3 Å². The summed E-state index contributed by atoms with van der Waals surface area (Å²) in [6.07, 6.45) is 2.14. The van der Waals surface area contributed by atoms with E-state index in [1.54, 1.807) is 19.2 Å². The van der Waals surface area contributed by atoms with Gasteiger partial charge in [-0.3, -0.25) is 4.79 Å². The maximum absolute atomic E-state index is 12.9. The molecule has 1 aromatic carbocycles. The van der Waals surface area contributed by atoms with E-state index in [0.29, 0.717) is 18.7 Å². The third kappa shape index (κ3) is 2.09. The highest BCUT2D eigenvalue weighted by Gasteiger charge is 2.53. The average molecular weight is 275 g/mol. The molecule has 0 saturated heterocycles. The number of hydrogen-bond donors (Lipinski definition) is 0. The van der Waals surface area contributed by atoms with Crippen molar-refractivity contribution >= 4 is 5.91 Å². The maximum Gasteiger partial charge on any atom is 0.253 e. The molecule has 0 N–H and O–H groups in total.